The van der Waals surface area contributed by atoms with Crippen molar-refractivity contribution in [3.05, 3.63) is 71.8 Å². The first kappa shape index (κ1) is 19.1. The van der Waals surface area contributed by atoms with E-state index in [1.54, 1.807) is 0 Å². The van der Waals surface area contributed by atoms with Crippen molar-refractivity contribution in [2.24, 2.45) is 0 Å². The lowest BCUT2D eigenvalue weighted by Crippen LogP contribution is -2.48. The van der Waals surface area contributed by atoms with Gasteiger partial charge < -0.3 is 14.6 Å². The molecule has 1 aliphatic heterocycles. The molecule has 2 aromatic carbocycles. The van der Waals surface area contributed by atoms with Crippen LogP contribution in [0.2, 0.25) is 0 Å². The molecule has 4 nitrogen and oxygen atoms in total. The molecule has 1 fully saturated rings. The van der Waals surface area contributed by atoms with Crippen LogP contribution in [-0.2, 0) is 9.47 Å². The quantitative estimate of drug-likeness (QED) is 0.828. The van der Waals surface area contributed by atoms with Crippen LogP contribution in [0.5, 0.6) is 0 Å². The third-order valence-corrected chi connectivity index (χ3v) is 4.62. The summed E-state index contributed by atoms with van der Waals surface area (Å²) >= 11 is 0. The Balaban J connectivity index is 1.61. The highest BCUT2D eigenvalue weighted by Gasteiger charge is 2.24. The second-order valence-corrected chi connectivity index (χ2v) is 7.16. The predicted molar refractivity (Wildman–Crippen MR) is 103 cm³/mol. The van der Waals surface area contributed by atoms with Gasteiger partial charge in [-0.15, -0.1) is 0 Å². The average Bonchev–Trinajstić information content (AvgIpc) is 2.63. The minimum absolute atomic E-state index is 0.172. The Labute approximate surface area is 156 Å². The molecule has 26 heavy (non-hydrogen) atoms. The molecular weight excluding hydrogens is 326 g/mol. The third-order valence-electron chi connectivity index (χ3n) is 4.62. The highest BCUT2D eigenvalue weighted by Crippen LogP contribution is 2.26. The molecule has 1 heterocycles. The van der Waals surface area contributed by atoms with Crippen LogP contribution < -0.4 is 0 Å². The van der Waals surface area contributed by atoms with Crippen molar-refractivity contribution in [2.45, 2.75) is 38.3 Å². The average molecular weight is 355 g/mol. The Morgan fingerprint density at radius 3 is 1.96 bits per heavy atom. The largest absolute Gasteiger partial charge is 0.389 e. The number of benzene rings is 2. The number of β-amino-alcohol motifs (C(OH)–C–C–N with tert-alkyl or cyclic N) is 1. The standard InChI is InChI=1S/C22H29NO3/c1-17-13-23(14-18(2)26-17)15-21(24)16-25-22(19-9-5-3-6-10-19)20-11-7-4-8-12-20/h3-12,17-18,21-22,24H,13-16H2,1-2H3/t17-,18+,21-/m0/s1. The van der Waals surface area contributed by atoms with E-state index in [1.807, 2.05) is 36.4 Å². The first-order chi connectivity index (χ1) is 12.6. The van der Waals surface area contributed by atoms with E-state index in [9.17, 15) is 5.11 Å². The summed E-state index contributed by atoms with van der Waals surface area (Å²) in [7, 11) is 0. The summed E-state index contributed by atoms with van der Waals surface area (Å²) in [5.74, 6) is 0. The van der Waals surface area contributed by atoms with E-state index >= 15 is 0 Å². The molecule has 3 rings (SSSR count). The highest BCUT2D eigenvalue weighted by molar-refractivity contribution is 5.29. The molecule has 0 unspecified atom stereocenters. The number of hydrogen-bond donors (Lipinski definition) is 1. The summed E-state index contributed by atoms with van der Waals surface area (Å²) in [6, 6.07) is 20.3. The summed E-state index contributed by atoms with van der Waals surface area (Å²) in [6.45, 7) is 6.76. The molecule has 0 aliphatic carbocycles. The molecule has 1 aliphatic rings. The van der Waals surface area contributed by atoms with Crippen molar-refractivity contribution in [3.8, 4) is 0 Å². The van der Waals surface area contributed by atoms with Gasteiger partial charge in [0.2, 0.25) is 0 Å². The van der Waals surface area contributed by atoms with Gasteiger partial charge >= 0.3 is 0 Å². The van der Waals surface area contributed by atoms with Crippen molar-refractivity contribution in [1.29, 1.82) is 0 Å². The molecule has 0 amide bonds. The van der Waals surface area contributed by atoms with Crippen molar-refractivity contribution in [2.75, 3.05) is 26.2 Å². The lowest BCUT2D eigenvalue weighted by Gasteiger charge is -2.36. The van der Waals surface area contributed by atoms with E-state index in [0.717, 1.165) is 24.2 Å². The first-order valence-electron chi connectivity index (χ1n) is 9.39. The lowest BCUT2D eigenvalue weighted by atomic mass is 10.0. The van der Waals surface area contributed by atoms with E-state index in [-0.39, 0.29) is 18.3 Å². The summed E-state index contributed by atoms with van der Waals surface area (Å²) in [6.07, 6.45) is -0.293. The van der Waals surface area contributed by atoms with Gasteiger partial charge in [0.15, 0.2) is 0 Å². The number of nitrogens with zero attached hydrogens (tertiary/aromatic N) is 1. The molecule has 0 bridgehead atoms. The van der Waals surface area contributed by atoms with E-state index in [1.165, 1.54) is 0 Å². The molecule has 0 saturated carbocycles. The molecule has 3 atom stereocenters. The maximum atomic E-state index is 10.5. The summed E-state index contributed by atoms with van der Waals surface area (Å²) in [4.78, 5) is 2.26. The summed E-state index contributed by atoms with van der Waals surface area (Å²) < 4.78 is 11.9. The Bertz CT molecular complexity index is 599. The first-order valence-corrected chi connectivity index (χ1v) is 9.39. The Kier molecular flexibility index (Phi) is 6.80. The highest BCUT2D eigenvalue weighted by atomic mass is 16.5. The molecule has 0 radical (unpaired) electrons. The van der Waals surface area contributed by atoms with Crippen LogP contribution in [0.15, 0.2) is 60.7 Å². The van der Waals surface area contributed by atoms with Gasteiger partial charge in [-0.2, -0.15) is 0 Å². The molecule has 2 aromatic rings. The van der Waals surface area contributed by atoms with Gasteiger partial charge in [0.05, 0.1) is 24.9 Å². The van der Waals surface area contributed by atoms with Crippen LogP contribution in [0.3, 0.4) is 0 Å². The number of aliphatic hydroxyl groups is 1. The maximum Gasteiger partial charge on any atom is 0.108 e. The molecule has 4 heteroatoms. The van der Waals surface area contributed by atoms with E-state index in [0.29, 0.717) is 13.2 Å². The van der Waals surface area contributed by atoms with Crippen LogP contribution in [0.1, 0.15) is 31.1 Å². The fourth-order valence-corrected chi connectivity index (χ4v) is 3.63. The minimum atomic E-state index is -0.526. The molecule has 0 spiro atoms. The van der Waals surface area contributed by atoms with Crippen LogP contribution >= 0.6 is 0 Å². The van der Waals surface area contributed by atoms with Gasteiger partial charge in [-0.1, -0.05) is 60.7 Å². The monoisotopic (exact) mass is 355 g/mol. The summed E-state index contributed by atoms with van der Waals surface area (Å²) in [5, 5.41) is 10.5. The van der Waals surface area contributed by atoms with Gasteiger partial charge in [0, 0.05) is 19.6 Å². The Hall–Kier alpha value is -1.72. The fraction of sp³-hybridized carbons (Fsp3) is 0.455. The van der Waals surface area contributed by atoms with Gasteiger partial charge in [-0.05, 0) is 25.0 Å². The van der Waals surface area contributed by atoms with Gasteiger partial charge in [0.25, 0.3) is 0 Å². The summed E-state index contributed by atoms with van der Waals surface area (Å²) in [5.41, 5.74) is 2.19. The fourth-order valence-electron chi connectivity index (χ4n) is 3.63. The number of hydrogen-bond acceptors (Lipinski definition) is 4. The topological polar surface area (TPSA) is 41.9 Å². The lowest BCUT2D eigenvalue weighted by molar-refractivity contribution is -0.0843. The van der Waals surface area contributed by atoms with Crippen molar-refractivity contribution < 1.29 is 14.6 Å². The normalized spacial score (nSPS) is 22.5. The smallest absolute Gasteiger partial charge is 0.108 e. The van der Waals surface area contributed by atoms with Crippen molar-refractivity contribution >= 4 is 0 Å². The molecule has 1 saturated heterocycles. The Morgan fingerprint density at radius 1 is 0.962 bits per heavy atom. The molecule has 1 N–H and O–H groups in total. The number of rotatable bonds is 7. The van der Waals surface area contributed by atoms with Crippen LogP contribution in [-0.4, -0.2) is 54.6 Å². The van der Waals surface area contributed by atoms with Gasteiger partial charge in [-0.3, -0.25) is 4.90 Å². The van der Waals surface area contributed by atoms with E-state index in [2.05, 4.69) is 43.0 Å². The second kappa shape index (κ2) is 9.28. The zero-order valence-electron chi connectivity index (χ0n) is 15.6. The van der Waals surface area contributed by atoms with E-state index < -0.39 is 6.10 Å². The van der Waals surface area contributed by atoms with Crippen LogP contribution in [0.4, 0.5) is 0 Å². The molecule has 140 valence electrons. The zero-order valence-corrected chi connectivity index (χ0v) is 15.6. The van der Waals surface area contributed by atoms with Gasteiger partial charge in [-0.25, -0.2) is 0 Å². The van der Waals surface area contributed by atoms with Gasteiger partial charge in [0.1, 0.15) is 6.10 Å². The minimum Gasteiger partial charge on any atom is -0.389 e. The van der Waals surface area contributed by atoms with Crippen molar-refractivity contribution in [3.63, 3.8) is 0 Å². The van der Waals surface area contributed by atoms with Crippen molar-refractivity contribution in [1.82, 2.24) is 4.90 Å². The number of ether oxygens (including phenoxy) is 2. The zero-order chi connectivity index (χ0) is 18.4. The molecule has 0 aromatic heterocycles. The SMILES string of the molecule is C[C@@H]1CN(C[C@H](O)COC(c2ccccc2)c2ccccc2)C[C@H](C)O1. The molecular formula is C22H29NO3. The third kappa shape index (κ3) is 5.39. The number of aliphatic hydroxyl groups excluding tert-OH is 1. The predicted octanol–water partition coefficient (Wildman–Crippen LogP) is 3.26. The van der Waals surface area contributed by atoms with Crippen LogP contribution in [0, 0.1) is 0 Å². The van der Waals surface area contributed by atoms with E-state index in [4.69, 9.17) is 9.47 Å². The maximum absolute atomic E-state index is 10.5. The Morgan fingerprint density at radius 2 is 1.46 bits per heavy atom. The van der Waals surface area contributed by atoms with Crippen LogP contribution in [0.25, 0.3) is 0 Å². The second-order valence-electron chi connectivity index (χ2n) is 7.16. The number of morpholine rings is 1.